The van der Waals surface area contributed by atoms with Crippen LogP contribution in [0.1, 0.15) is 0 Å². The number of fused-ring (bicyclic) bond motifs is 2. The molecule has 4 aromatic carbocycles. The molecule has 2 N–H and O–H groups in total. The van der Waals surface area contributed by atoms with Crippen molar-refractivity contribution >= 4 is 42.9 Å². The highest BCUT2D eigenvalue weighted by Crippen LogP contribution is 2.34. The Morgan fingerprint density at radius 1 is 0.750 bits per heavy atom. The van der Waals surface area contributed by atoms with Gasteiger partial charge in [-0.25, -0.2) is 8.42 Å². The molecule has 6 heteroatoms. The van der Waals surface area contributed by atoms with E-state index < -0.39 is 10.0 Å². The van der Waals surface area contributed by atoms with Gasteiger partial charge in [-0.3, -0.25) is 4.72 Å². The molecule has 4 rings (SSSR count). The number of benzene rings is 4. The summed E-state index contributed by atoms with van der Waals surface area (Å²) >= 11 is 0. The van der Waals surface area contributed by atoms with E-state index in [1.54, 1.807) is 42.5 Å². The Kier molecular flexibility index (Phi) is 4.35. The molecule has 28 heavy (non-hydrogen) atoms. The van der Waals surface area contributed by atoms with Crippen molar-refractivity contribution in [2.24, 2.45) is 0 Å². The lowest BCUT2D eigenvalue weighted by Gasteiger charge is -2.17. The third-order valence-electron chi connectivity index (χ3n) is 4.78. The molecule has 0 radical (unpaired) electrons. The third kappa shape index (κ3) is 3.01. The molecule has 4 aromatic rings. The molecule has 0 spiro atoms. The topological polar surface area (TPSA) is 69.6 Å². The average Bonchev–Trinajstić information content (AvgIpc) is 2.69. The number of rotatable bonds is 4. The maximum absolute atomic E-state index is 13.2. The van der Waals surface area contributed by atoms with Crippen molar-refractivity contribution in [3.63, 3.8) is 0 Å². The van der Waals surface area contributed by atoms with E-state index in [0.29, 0.717) is 21.8 Å². The molecule has 142 valence electrons. The molecular formula is C22H20N2O3S. The molecule has 0 aliphatic rings. The first kappa shape index (κ1) is 18.1. The molecule has 0 fully saturated rings. The van der Waals surface area contributed by atoms with Gasteiger partial charge in [0.05, 0.1) is 10.6 Å². The number of sulfonamides is 1. The fourth-order valence-corrected chi connectivity index (χ4v) is 4.76. The van der Waals surface area contributed by atoms with E-state index in [-0.39, 0.29) is 10.6 Å². The monoisotopic (exact) mass is 392 g/mol. The second kappa shape index (κ2) is 6.73. The van der Waals surface area contributed by atoms with Crippen molar-refractivity contribution < 1.29 is 13.5 Å². The zero-order chi connectivity index (χ0) is 19.9. The van der Waals surface area contributed by atoms with Gasteiger partial charge in [-0.1, -0.05) is 48.5 Å². The number of hydrogen-bond acceptors (Lipinski definition) is 4. The fourth-order valence-electron chi connectivity index (χ4n) is 3.46. The SMILES string of the molecule is CN(C)c1cccc2c(S(=O)(=O)Nc3ccc(O)c4ccccc34)cccc12. The van der Waals surface area contributed by atoms with Crippen LogP contribution < -0.4 is 9.62 Å². The predicted octanol–water partition coefficient (Wildman–Crippen LogP) is 4.57. The zero-order valence-electron chi connectivity index (χ0n) is 15.5. The average molecular weight is 392 g/mol. The Hall–Kier alpha value is -3.25. The van der Waals surface area contributed by atoms with Gasteiger partial charge in [0.2, 0.25) is 0 Å². The van der Waals surface area contributed by atoms with E-state index in [1.807, 2.05) is 43.3 Å². The Balaban J connectivity index is 1.87. The second-order valence-electron chi connectivity index (χ2n) is 6.81. The summed E-state index contributed by atoms with van der Waals surface area (Å²) in [6.07, 6.45) is 0. The van der Waals surface area contributed by atoms with E-state index in [9.17, 15) is 13.5 Å². The zero-order valence-corrected chi connectivity index (χ0v) is 16.4. The minimum Gasteiger partial charge on any atom is -0.507 e. The number of nitrogens with zero attached hydrogens (tertiary/aromatic N) is 1. The summed E-state index contributed by atoms with van der Waals surface area (Å²) in [6, 6.07) is 21.1. The first-order valence-corrected chi connectivity index (χ1v) is 10.3. The number of hydrogen-bond donors (Lipinski definition) is 2. The molecule has 0 heterocycles. The number of anilines is 2. The number of nitrogens with one attached hydrogen (secondary N) is 1. The van der Waals surface area contributed by atoms with Gasteiger partial charge in [0.1, 0.15) is 5.75 Å². The van der Waals surface area contributed by atoms with Crippen molar-refractivity contribution in [1.29, 1.82) is 0 Å². The smallest absolute Gasteiger partial charge is 0.262 e. The summed E-state index contributed by atoms with van der Waals surface area (Å²) in [6.45, 7) is 0. The van der Waals surface area contributed by atoms with E-state index in [4.69, 9.17) is 0 Å². The minimum absolute atomic E-state index is 0.110. The summed E-state index contributed by atoms with van der Waals surface area (Å²) in [4.78, 5) is 2.17. The Labute approximate surface area is 163 Å². The van der Waals surface area contributed by atoms with Gasteiger partial charge in [0.15, 0.2) is 0 Å². The molecule has 0 aliphatic carbocycles. The highest BCUT2D eigenvalue weighted by atomic mass is 32.2. The molecule has 0 saturated carbocycles. The number of aromatic hydroxyl groups is 1. The van der Waals surface area contributed by atoms with Crippen molar-refractivity contribution in [2.45, 2.75) is 4.90 Å². The minimum atomic E-state index is -3.84. The molecule has 5 nitrogen and oxygen atoms in total. The predicted molar refractivity (Wildman–Crippen MR) is 115 cm³/mol. The highest BCUT2D eigenvalue weighted by molar-refractivity contribution is 7.93. The summed E-state index contributed by atoms with van der Waals surface area (Å²) in [7, 11) is 0.0179. The molecular weight excluding hydrogens is 372 g/mol. The van der Waals surface area contributed by atoms with E-state index in [2.05, 4.69) is 4.72 Å². The standard InChI is InChI=1S/C22H20N2O3S/c1-24(2)20-11-5-10-18-16(20)9-6-12-22(18)28(26,27)23-19-13-14-21(25)17-8-4-3-7-15(17)19/h3-14,23,25H,1-2H3. The quantitative estimate of drug-likeness (QED) is 0.499. The molecule has 0 bridgehead atoms. The van der Waals surface area contributed by atoms with Gasteiger partial charge in [-0.05, 0) is 24.3 Å². The molecule has 0 atom stereocenters. The summed E-state index contributed by atoms with van der Waals surface area (Å²) in [5.41, 5.74) is 1.37. The van der Waals surface area contributed by atoms with E-state index in [0.717, 1.165) is 11.1 Å². The fraction of sp³-hybridized carbons (Fsp3) is 0.0909. The van der Waals surface area contributed by atoms with Gasteiger partial charge >= 0.3 is 0 Å². The van der Waals surface area contributed by atoms with Gasteiger partial charge in [-0.2, -0.15) is 0 Å². The van der Waals surface area contributed by atoms with Crippen molar-refractivity contribution in [3.8, 4) is 5.75 Å². The van der Waals surface area contributed by atoms with Gasteiger partial charge in [0.25, 0.3) is 10.0 Å². The Morgan fingerprint density at radius 2 is 1.39 bits per heavy atom. The molecule has 0 aromatic heterocycles. The van der Waals surface area contributed by atoms with Crippen LogP contribution in [0.4, 0.5) is 11.4 Å². The Morgan fingerprint density at radius 3 is 2.14 bits per heavy atom. The lowest BCUT2D eigenvalue weighted by atomic mass is 10.1. The largest absolute Gasteiger partial charge is 0.507 e. The van der Waals surface area contributed by atoms with E-state index in [1.165, 1.54) is 6.07 Å². The van der Waals surface area contributed by atoms with Crippen molar-refractivity contribution in [1.82, 2.24) is 0 Å². The Bertz CT molecular complexity index is 1300. The van der Waals surface area contributed by atoms with Crippen molar-refractivity contribution in [2.75, 3.05) is 23.7 Å². The van der Waals surface area contributed by atoms with Crippen LogP contribution in [0.5, 0.6) is 5.75 Å². The summed E-state index contributed by atoms with van der Waals surface area (Å²) < 4.78 is 29.2. The second-order valence-corrected chi connectivity index (χ2v) is 8.46. The lowest BCUT2D eigenvalue weighted by Crippen LogP contribution is -2.14. The van der Waals surface area contributed by atoms with Crippen LogP contribution in [0.2, 0.25) is 0 Å². The van der Waals surface area contributed by atoms with Crippen molar-refractivity contribution in [3.05, 3.63) is 72.8 Å². The van der Waals surface area contributed by atoms with Crippen LogP contribution in [0.25, 0.3) is 21.5 Å². The number of phenolic OH excluding ortho intramolecular Hbond substituents is 1. The van der Waals surface area contributed by atoms with Crippen LogP contribution >= 0.6 is 0 Å². The maximum atomic E-state index is 13.2. The summed E-state index contributed by atoms with van der Waals surface area (Å²) in [5, 5.41) is 12.8. The molecule has 0 aliphatic heterocycles. The van der Waals surface area contributed by atoms with Gasteiger partial charge in [0, 0.05) is 41.3 Å². The first-order valence-electron chi connectivity index (χ1n) is 8.81. The summed E-state index contributed by atoms with van der Waals surface area (Å²) in [5.74, 6) is 0.110. The molecule has 0 saturated heterocycles. The van der Waals surface area contributed by atoms with Gasteiger partial charge < -0.3 is 10.0 Å². The van der Waals surface area contributed by atoms with Crippen LogP contribution in [-0.4, -0.2) is 27.6 Å². The van der Waals surface area contributed by atoms with E-state index >= 15 is 0 Å². The molecule has 0 unspecified atom stereocenters. The van der Waals surface area contributed by atoms with Crippen LogP contribution in [-0.2, 0) is 10.0 Å². The van der Waals surface area contributed by atoms with Crippen LogP contribution in [0.3, 0.4) is 0 Å². The third-order valence-corrected chi connectivity index (χ3v) is 6.20. The van der Waals surface area contributed by atoms with Crippen LogP contribution in [0.15, 0.2) is 77.7 Å². The number of phenols is 1. The maximum Gasteiger partial charge on any atom is 0.262 e. The highest BCUT2D eigenvalue weighted by Gasteiger charge is 2.20. The first-order chi connectivity index (χ1) is 13.4. The lowest BCUT2D eigenvalue weighted by molar-refractivity contribution is 0.481. The normalized spacial score (nSPS) is 11.6. The van der Waals surface area contributed by atoms with Crippen LogP contribution in [0, 0.1) is 0 Å². The van der Waals surface area contributed by atoms with Gasteiger partial charge in [-0.15, -0.1) is 0 Å². The molecule has 0 amide bonds.